The van der Waals surface area contributed by atoms with Gasteiger partial charge in [0.2, 0.25) is 10.0 Å². The Hall–Kier alpha value is -0.940. The molecule has 1 atom stereocenters. The van der Waals surface area contributed by atoms with Gasteiger partial charge in [-0.25, -0.2) is 17.5 Å². The van der Waals surface area contributed by atoms with E-state index in [9.17, 15) is 12.8 Å². The van der Waals surface area contributed by atoms with Crippen molar-refractivity contribution in [3.63, 3.8) is 0 Å². The van der Waals surface area contributed by atoms with Crippen molar-refractivity contribution in [2.75, 3.05) is 0 Å². The third kappa shape index (κ3) is 3.28. The predicted octanol–water partition coefficient (Wildman–Crippen LogP) is 2.21. The summed E-state index contributed by atoms with van der Waals surface area (Å²) in [7, 11) is -3.33. The number of nitrogens with one attached hydrogen (secondary N) is 1. The lowest BCUT2D eigenvalue weighted by atomic mass is 10.1. The van der Waals surface area contributed by atoms with Gasteiger partial charge in [-0.05, 0) is 38.5 Å². The molecule has 0 aromatic heterocycles. The van der Waals surface area contributed by atoms with E-state index < -0.39 is 21.3 Å². The van der Waals surface area contributed by atoms with Crippen LogP contribution in [0, 0.1) is 5.82 Å². The fourth-order valence-corrected chi connectivity index (χ4v) is 2.13. The zero-order valence-electron chi connectivity index (χ0n) is 9.57. The molecular weight excluding hydrogens is 229 g/mol. The van der Waals surface area contributed by atoms with Crippen molar-refractivity contribution in [2.45, 2.75) is 32.1 Å². The van der Waals surface area contributed by atoms with Crippen molar-refractivity contribution in [3.8, 4) is 0 Å². The zero-order valence-corrected chi connectivity index (χ0v) is 10.4. The lowest BCUT2D eigenvalue weighted by molar-refractivity contribution is 0.556. The standard InChI is InChI=1S/C11H16FNO2S/c1-8(2)16(14,15)13-9(3)10-5-4-6-11(12)7-10/h4-9,13H,1-3H3. The zero-order chi connectivity index (χ0) is 12.3. The molecule has 5 heteroatoms. The van der Waals surface area contributed by atoms with E-state index >= 15 is 0 Å². The monoisotopic (exact) mass is 245 g/mol. The van der Waals surface area contributed by atoms with Gasteiger partial charge in [-0.1, -0.05) is 12.1 Å². The maximum absolute atomic E-state index is 12.9. The van der Waals surface area contributed by atoms with E-state index in [4.69, 9.17) is 0 Å². The first-order chi connectivity index (χ1) is 7.33. The minimum absolute atomic E-state index is 0.368. The number of rotatable bonds is 4. The van der Waals surface area contributed by atoms with E-state index in [1.165, 1.54) is 12.1 Å². The van der Waals surface area contributed by atoms with Gasteiger partial charge in [0, 0.05) is 6.04 Å². The summed E-state index contributed by atoms with van der Waals surface area (Å²) in [6.45, 7) is 4.88. The van der Waals surface area contributed by atoms with E-state index in [1.54, 1.807) is 32.9 Å². The first-order valence-electron chi connectivity index (χ1n) is 5.09. The molecule has 1 rings (SSSR count). The highest BCUT2D eigenvalue weighted by Crippen LogP contribution is 2.15. The van der Waals surface area contributed by atoms with E-state index in [0.717, 1.165) is 0 Å². The highest BCUT2D eigenvalue weighted by Gasteiger charge is 2.19. The van der Waals surface area contributed by atoms with Crippen LogP contribution in [0.1, 0.15) is 32.4 Å². The summed E-state index contributed by atoms with van der Waals surface area (Å²) in [4.78, 5) is 0. The Morgan fingerprint density at radius 2 is 1.88 bits per heavy atom. The maximum atomic E-state index is 12.9. The van der Waals surface area contributed by atoms with Gasteiger partial charge in [0.05, 0.1) is 5.25 Å². The highest BCUT2D eigenvalue weighted by atomic mass is 32.2. The average Bonchev–Trinajstić information content (AvgIpc) is 2.16. The van der Waals surface area contributed by atoms with Crippen LogP contribution in [0.5, 0.6) is 0 Å². The van der Waals surface area contributed by atoms with Crippen LogP contribution in [-0.4, -0.2) is 13.7 Å². The fraction of sp³-hybridized carbons (Fsp3) is 0.455. The van der Waals surface area contributed by atoms with Gasteiger partial charge < -0.3 is 0 Å². The third-order valence-corrected chi connectivity index (χ3v) is 4.23. The molecule has 0 saturated carbocycles. The Kier molecular flexibility index (Phi) is 4.04. The van der Waals surface area contributed by atoms with Crippen molar-refractivity contribution < 1.29 is 12.8 Å². The van der Waals surface area contributed by atoms with Crippen molar-refractivity contribution in [1.82, 2.24) is 4.72 Å². The second-order valence-electron chi connectivity index (χ2n) is 3.99. The Morgan fingerprint density at radius 1 is 1.25 bits per heavy atom. The van der Waals surface area contributed by atoms with E-state index in [1.807, 2.05) is 0 Å². The lowest BCUT2D eigenvalue weighted by Crippen LogP contribution is -2.32. The average molecular weight is 245 g/mol. The highest BCUT2D eigenvalue weighted by molar-refractivity contribution is 7.90. The molecule has 0 spiro atoms. The molecular formula is C11H16FNO2S. The Labute approximate surface area is 95.7 Å². The molecule has 16 heavy (non-hydrogen) atoms. The summed E-state index contributed by atoms with van der Waals surface area (Å²) in [5, 5.41) is -0.497. The molecule has 1 aromatic rings. The Bertz CT molecular complexity index is 457. The Balaban J connectivity index is 2.85. The SMILES string of the molecule is CC(NS(=O)(=O)C(C)C)c1cccc(F)c1. The number of hydrogen-bond donors (Lipinski definition) is 1. The van der Waals surface area contributed by atoms with Crippen molar-refractivity contribution in [1.29, 1.82) is 0 Å². The van der Waals surface area contributed by atoms with Crippen LogP contribution in [0.4, 0.5) is 4.39 Å². The normalized spacial score (nSPS) is 14.1. The summed E-state index contributed by atoms with van der Waals surface area (Å²) >= 11 is 0. The van der Waals surface area contributed by atoms with Crippen molar-refractivity contribution in [2.24, 2.45) is 0 Å². The molecule has 0 radical (unpaired) electrons. The summed E-state index contributed by atoms with van der Waals surface area (Å²) in [5.41, 5.74) is 0.615. The first-order valence-corrected chi connectivity index (χ1v) is 6.64. The van der Waals surface area contributed by atoms with Gasteiger partial charge in [-0.15, -0.1) is 0 Å². The molecule has 0 fully saturated rings. The fourth-order valence-electron chi connectivity index (χ4n) is 1.23. The van der Waals surface area contributed by atoms with Gasteiger partial charge in [-0.2, -0.15) is 0 Å². The summed E-state index contributed by atoms with van der Waals surface area (Å²) in [6, 6.07) is 5.48. The van der Waals surface area contributed by atoms with Crippen LogP contribution < -0.4 is 4.72 Å². The molecule has 90 valence electrons. The molecule has 0 bridgehead atoms. The van der Waals surface area contributed by atoms with Crippen LogP contribution in [-0.2, 0) is 10.0 Å². The van der Waals surface area contributed by atoms with E-state index in [2.05, 4.69) is 4.72 Å². The van der Waals surface area contributed by atoms with E-state index in [-0.39, 0.29) is 5.82 Å². The first kappa shape index (κ1) is 13.1. The number of hydrogen-bond acceptors (Lipinski definition) is 2. The van der Waals surface area contributed by atoms with E-state index in [0.29, 0.717) is 5.56 Å². The predicted molar refractivity (Wildman–Crippen MR) is 62.0 cm³/mol. The molecule has 1 N–H and O–H groups in total. The van der Waals surface area contributed by atoms with Gasteiger partial charge in [-0.3, -0.25) is 0 Å². The number of sulfonamides is 1. The third-order valence-electron chi connectivity index (χ3n) is 2.31. The van der Waals surface area contributed by atoms with Crippen molar-refractivity contribution in [3.05, 3.63) is 35.6 Å². The topological polar surface area (TPSA) is 46.2 Å². The van der Waals surface area contributed by atoms with Crippen molar-refractivity contribution >= 4 is 10.0 Å². The summed E-state index contributed by atoms with van der Waals surface area (Å²) in [6.07, 6.45) is 0. The summed E-state index contributed by atoms with van der Waals surface area (Å²) in [5.74, 6) is -0.368. The molecule has 1 aromatic carbocycles. The molecule has 0 heterocycles. The largest absolute Gasteiger partial charge is 0.214 e. The molecule has 0 amide bonds. The molecule has 0 aliphatic carbocycles. The van der Waals surface area contributed by atoms with Crippen LogP contribution >= 0.6 is 0 Å². The molecule has 3 nitrogen and oxygen atoms in total. The quantitative estimate of drug-likeness (QED) is 0.884. The van der Waals surface area contributed by atoms with Crippen LogP contribution in [0.15, 0.2) is 24.3 Å². The minimum atomic E-state index is -3.33. The minimum Gasteiger partial charge on any atom is -0.212 e. The Morgan fingerprint density at radius 3 is 2.38 bits per heavy atom. The second kappa shape index (κ2) is 4.93. The maximum Gasteiger partial charge on any atom is 0.214 e. The lowest BCUT2D eigenvalue weighted by Gasteiger charge is -2.16. The van der Waals surface area contributed by atoms with Crippen LogP contribution in [0.3, 0.4) is 0 Å². The molecule has 1 unspecified atom stereocenters. The van der Waals surface area contributed by atoms with Crippen LogP contribution in [0.2, 0.25) is 0 Å². The molecule has 0 saturated heterocycles. The summed E-state index contributed by atoms with van der Waals surface area (Å²) < 4.78 is 38.6. The molecule has 0 aliphatic heterocycles. The van der Waals surface area contributed by atoms with Gasteiger partial charge >= 0.3 is 0 Å². The molecule has 0 aliphatic rings. The number of benzene rings is 1. The second-order valence-corrected chi connectivity index (χ2v) is 6.26. The van der Waals surface area contributed by atoms with Crippen LogP contribution in [0.25, 0.3) is 0 Å². The van der Waals surface area contributed by atoms with Gasteiger partial charge in [0.1, 0.15) is 5.82 Å². The van der Waals surface area contributed by atoms with Gasteiger partial charge in [0.15, 0.2) is 0 Å². The number of halogens is 1. The van der Waals surface area contributed by atoms with Gasteiger partial charge in [0.25, 0.3) is 0 Å². The smallest absolute Gasteiger partial charge is 0.212 e.